The maximum Gasteiger partial charge on any atom is 0.387 e. The molecule has 9 heteroatoms. The number of ether oxygens (including phenoxy) is 1. The van der Waals surface area contributed by atoms with Crippen LogP contribution in [0.25, 0.3) is 0 Å². The molecule has 0 saturated carbocycles. The number of carbonyl (C=O) groups excluding carboxylic acids is 1. The average Bonchev–Trinajstić information content (AvgIpc) is 2.60. The first-order chi connectivity index (χ1) is 12.8. The van der Waals surface area contributed by atoms with Crippen LogP contribution in [0.2, 0.25) is 0 Å². The summed E-state index contributed by atoms with van der Waals surface area (Å²) < 4.78 is 43.5. The number of carbonyl (C=O) groups is 1. The number of guanidine groups is 1. The molecular weight excluding hydrogens is 361 g/mol. The van der Waals surface area contributed by atoms with Gasteiger partial charge in [0.1, 0.15) is 11.6 Å². The molecule has 1 N–H and O–H groups in total. The fraction of sp³-hybridized carbons (Fsp3) is 0.556. The lowest BCUT2D eigenvalue weighted by Gasteiger charge is -2.25. The Kier molecular flexibility index (Phi) is 9.46. The van der Waals surface area contributed by atoms with Gasteiger partial charge in [0.2, 0.25) is 5.91 Å². The van der Waals surface area contributed by atoms with Crippen molar-refractivity contribution in [1.82, 2.24) is 15.1 Å². The van der Waals surface area contributed by atoms with Gasteiger partial charge in [0, 0.05) is 26.7 Å². The highest BCUT2D eigenvalue weighted by Crippen LogP contribution is 2.24. The highest BCUT2D eigenvalue weighted by molar-refractivity contribution is 5.86. The first-order valence-corrected chi connectivity index (χ1v) is 8.83. The van der Waals surface area contributed by atoms with E-state index in [0.29, 0.717) is 25.6 Å². The van der Waals surface area contributed by atoms with Gasteiger partial charge in [0.25, 0.3) is 0 Å². The van der Waals surface area contributed by atoms with Crippen molar-refractivity contribution in [2.75, 3.05) is 33.2 Å². The summed E-state index contributed by atoms with van der Waals surface area (Å²) >= 11 is 0. The standard InChI is InChI=1S/C18H27F3N4O2/c1-5-22-18(24(4)12-16(26)25(6-2)7-3)23-11-13-14(19)9-8-10-15(13)27-17(20)21/h8-10,17H,5-7,11-12H2,1-4H3,(H,22,23). The minimum absolute atomic E-state index is 0.0688. The summed E-state index contributed by atoms with van der Waals surface area (Å²) in [5.74, 6) is -0.647. The molecule has 0 saturated heterocycles. The van der Waals surface area contributed by atoms with Gasteiger partial charge in [-0.3, -0.25) is 4.79 Å². The molecule has 0 heterocycles. The second-order valence-corrected chi connectivity index (χ2v) is 5.69. The summed E-state index contributed by atoms with van der Waals surface area (Å²) in [5.41, 5.74) is -0.0725. The van der Waals surface area contributed by atoms with Gasteiger partial charge in [-0.05, 0) is 32.9 Å². The van der Waals surface area contributed by atoms with E-state index in [4.69, 9.17) is 0 Å². The van der Waals surface area contributed by atoms with E-state index < -0.39 is 12.4 Å². The van der Waals surface area contributed by atoms with Crippen LogP contribution in [-0.2, 0) is 11.3 Å². The molecule has 0 aliphatic rings. The molecule has 0 unspecified atom stereocenters. The van der Waals surface area contributed by atoms with Crippen LogP contribution in [0.5, 0.6) is 5.75 Å². The maximum absolute atomic E-state index is 14.1. The largest absolute Gasteiger partial charge is 0.434 e. The SMILES string of the molecule is CCNC(=NCc1c(F)cccc1OC(F)F)N(C)CC(=O)N(CC)CC. The van der Waals surface area contributed by atoms with E-state index >= 15 is 0 Å². The van der Waals surface area contributed by atoms with Gasteiger partial charge < -0.3 is 19.9 Å². The van der Waals surface area contributed by atoms with Gasteiger partial charge in [0.05, 0.1) is 18.7 Å². The molecule has 0 fully saturated rings. The van der Waals surface area contributed by atoms with Crippen LogP contribution >= 0.6 is 0 Å². The third kappa shape index (κ3) is 6.99. The molecule has 1 aromatic carbocycles. The second kappa shape index (κ2) is 11.3. The highest BCUT2D eigenvalue weighted by atomic mass is 19.3. The fourth-order valence-corrected chi connectivity index (χ4v) is 2.48. The molecule has 0 atom stereocenters. The van der Waals surface area contributed by atoms with Crippen molar-refractivity contribution >= 4 is 11.9 Å². The number of likely N-dealkylation sites (N-methyl/N-ethyl adjacent to an activating group) is 2. The van der Waals surface area contributed by atoms with Gasteiger partial charge in [-0.2, -0.15) is 8.78 Å². The summed E-state index contributed by atoms with van der Waals surface area (Å²) in [6, 6.07) is 3.71. The van der Waals surface area contributed by atoms with Crippen LogP contribution in [0.4, 0.5) is 13.2 Å². The Labute approximate surface area is 158 Å². The lowest BCUT2D eigenvalue weighted by Crippen LogP contribution is -2.45. The quantitative estimate of drug-likeness (QED) is 0.522. The first-order valence-electron chi connectivity index (χ1n) is 8.83. The van der Waals surface area contributed by atoms with Crippen molar-refractivity contribution < 1.29 is 22.7 Å². The maximum atomic E-state index is 14.1. The van der Waals surface area contributed by atoms with Gasteiger partial charge in [-0.15, -0.1) is 0 Å². The lowest BCUT2D eigenvalue weighted by atomic mass is 10.2. The Balaban J connectivity index is 2.98. The lowest BCUT2D eigenvalue weighted by molar-refractivity contribution is -0.131. The van der Waals surface area contributed by atoms with Gasteiger partial charge in [0.15, 0.2) is 5.96 Å². The second-order valence-electron chi connectivity index (χ2n) is 5.69. The summed E-state index contributed by atoms with van der Waals surface area (Å²) in [5, 5.41) is 3.01. The van der Waals surface area contributed by atoms with E-state index in [1.54, 1.807) is 16.8 Å². The Morgan fingerprint density at radius 1 is 1.26 bits per heavy atom. The predicted molar refractivity (Wildman–Crippen MR) is 98.4 cm³/mol. The topological polar surface area (TPSA) is 57.2 Å². The van der Waals surface area contributed by atoms with Gasteiger partial charge >= 0.3 is 6.61 Å². The van der Waals surface area contributed by atoms with Crippen molar-refractivity contribution in [2.24, 2.45) is 4.99 Å². The van der Waals surface area contributed by atoms with Crippen molar-refractivity contribution in [1.29, 1.82) is 0 Å². The van der Waals surface area contributed by atoms with Crippen molar-refractivity contribution in [3.05, 3.63) is 29.6 Å². The minimum Gasteiger partial charge on any atom is -0.434 e. The Morgan fingerprint density at radius 2 is 1.93 bits per heavy atom. The normalized spacial score (nSPS) is 11.5. The molecule has 0 radical (unpaired) electrons. The summed E-state index contributed by atoms with van der Waals surface area (Å²) in [7, 11) is 1.68. The summed E-state index contributed by atoms with van der Waals surface area (Å²) in [6.45, 7) is 4.18. The number of alkyl halides is 2. The molecule has 0 aromatic heterocycles. The zero-order valence-electron chi connectivity index (χ0n) is 16.1. The average molecular weight is 388 g/mol. The Hall–Kier alpha value is -2.45. The molecule has 6 nitrogen and oxygen atoms in total. The number of hydrogen-bond donors (Lipinski definition) is 1. The van der Waals surface area contributed by atoms with E-state index in [1.807, 2.05) is 20.8 Å². The molecule has 27 heavy (non-hydrogen) atoms. The number of amides is 1. The molecule has 0 aliphatic carbocycles. The van der Waals surface area contributed by atoms with Crippen LogP contribution in [0, 0.1) is 5.82 Å². The molecule has 152 valence electrons. The van der Waals surface area contributed by atoms with Crippen molar-refractivity contribution in [3.63, 3.8) is 0 Å². The van der Waals surface area contributed by atoms with Crippen LogP contribution in [0.1, 0.15) is 26.3 Å². The Bertz CT molecular complexity index is 637. The summed E-state index contributed by atoms with van der Waals surface area (Å²) in [6.07, 6.45) is 0. The molecule has 1 amide bonds. The molecule has 0 spiro atoms. The third-order valence-corrected chi connectivity index (χ3v) is 3.86. The fourth-order valence-electron chi connectivity index (χ4n) is 2.48. The molecule has 0 aliphatic heterocycles. The number of benzene rings is 1. The molecule has 1 aromatic rings. The van der Waals surface area contributed by atoms with Gasteiger partial charge in [-0.25, -0.2) is 9.38 Å². The number of nitrogens with zero attached hydrogens (tertiary/aromatic N) is 3. The number of aliphatic imine (C=N–C) groups is 1. The number of hydrogen-bond acceptors (Lipinski definition) is 3. The van der Waals surface area contributed by atoms with Crippen LogP contribution in [0.3, 0.4) is 0 Å². The number of rotatable bonds is 9. The van der Waals surface area contributed by atoms with Crippen molar-refractivity contribution in [2.45, 2.75) is 33.9 Å². The van der Waals surface area contributed by atoms with E-state index in [9.17, 15) is 18.0 Å². The van der Waals surface area contributed by atoms with Crippen molar-refractivity contribution in [3.8, 4) is 5.75 Å². The van der Waals surface area contributed by atoms with E-state index in [-0.39, 0.29) is 30.3 Å². The van der Waals surface area contributed by atoms with Crippen LogP contribution < -0.4 is 10.1 Å². The third-order valence-electron chi connectivity index (χ3n) is 3.86. The first kappa shape index (κ1) is 22.6. The van der Waals surface area contributed by atoms with Gasteiger partial charge in [-0.1, -0.05) is 6.07 Å². The van der Waals surface area contributed by atoms with E-state index in [1.165, 1.54) is 12.1 Å². The zero-order chi connectivity index (χ0) is 20.4. The smallest absolute Gasteiger partial charge is 0.387 e. The van der Waals surface area contributed by atoms with E-state index in [2.05, 4.69) is 15.0 Å². The van der Waals surface area contributed by atoms with Crippen LogP contribution in [-0.4, -0.2) is 61.5 Å². The minimum atomic E-state index is -3.06. The monoisotopic (exact) mass is 388 g/mol. The number of nitrogens with one attached hydrogen (secondary N) is 1. The molecular formula is C18H27F3N4O2. The highest BCUT2D eigenvalue weighted by Gasteiger charge is 2.17. The molecule has 1 rings (SSSR count). The predicted octanol–water partition coefficient (Wildman–Crippen LogP) is 2.69. The van der Waals surface area contributed by atoms with Crippen LogP contribution in [0.15, 0.2) is 23.2 Å². The Morgan fingerprint density at radius 3 is 2.48 bits per heavy atom. The molecule has 0 bridgehead atoms. The summed E-state index contributed by atoms with van der Waals surface area (Å²) in [4.78, 5) is 19.8. The van der Waals surface area contributed by atoms with E-state index in [0.717, 1.165) is 6.07 Å². The number of halogens is 3. The zero-order valence-corrected chi connectivity index (χ0v) is 16.1.